The fourth-order valence-electron chi connectivity index (χ4n) is 1.45. The molecular formula is C13H16N2O2. The molecule has 90 valence electrons. The lowest BCUT2D eigenvalue weighted by atomic mass is 10.2. The summed E-state index contributed by atoms with van der Waals surface area (Å²) in [7, 11) is 0. The highest BCUT2D eigenvalue weighted by molar-refractivity contribution is 5.20. The van der Waals surface area contributed by atoms with Crippen LogP contribution in [0.15, 0.2) is 41.1 Å². The zero-order valence-electron chi connectivity index (χ0n) is 9.85. The van der Waals surface area contributed by atoms with Crippen LogP contribution in [0.4, 0.5) is 0 Å². The number of aromatic nitrogens is 1. The first-order valence-electron chi connectivity index (χ1n) is 5.69. The van der Waals surface area contributed by atoms with Crippen LogP contribution in [0.2, 0.25) is 0 Å². The SMILES string of the molecule is CCNCc1ccnc(OCc2ccco2)c1. The average Bonchev–Trinajstić information content (AvgIpc) is 2.87. The Kier molecular flexibility index (Phi) is 4.16. The van der Waals surface area contributed by atoms with Crippen molar-refractivity contribution in [3.05, 3.63) is 48.0 Å². The normalized spacial score (nSPS) is 10.4. The quantitative estimate of drug-likeness (QED) is 0.830. The van der Waals surface area contributed by atoms with E-state index in [9.17, 15) is 0 Å². The fraction of sp³-hybridized carbons (Fsp3) is 0.308. The van der Waals surface area contributed by atoms with Crippen LogP contribution in [0, 0.1) is 0 Å². The van der Waals surface area contributed by atoms with Gasteiger partial charge in [0.2, 0.25) is 5.88 Å². The number of nitrogens with one attached hydrogen (secondary N) is 1. The zero-order valence-corrected chi connectivity index (χ0v) is 9.85. The summed E-state index contributed by atoms with van der Waals surface area (Å²) in [4.78, 5) is 4.16. The number of pyridine rings is 1. The first-order chi connectivity index (χ1) is 8.38. The number of furan rings is 1. The van der Waals surface area contributed by atoms with Crippen LogP contribution in [-0.2, 0) is 13.2 Å². The Balaban J connectivity index is 1.91. The molecule has 0 aliphatic heterocycles. The van der Waals surface area contributed by atoms with Gasteiger partial charge in [0, 0.05) is 18.8 Å². The Labute approximate surface area is 101 Å². The van der Waals surface area contributed by atoms with Gasteiger partial charge in [-0.05, 0) is 30.3 Å². The van der Waals surface area contributed by atoms with Gasteiger partial charge in [-0.3, -0.25) is 0 Å². The molecule has 0 bridgehead atoms. The molecule has 0 radical (unpaired) electrons. The second-order valence-electron chi connectivity index (χ2n) is 3.65. The summed E-state index contributed by atoms with van der Waals surface area (Å²) >= 11 is 0. The Morgan fingerprint density at radius 2 is 2.35 bits per heavy atom. The van der Waals surface area contributed by atoms with Crippen LogP contribution in [0.5, 0.6) is 5.88 Å². The Morgan fingerprint density at radius 3 is 3.12 bits per heavy atom. The topological polar surface area (TPSA) is 47.3 Å². The van der Waals surface area contributed by atoms with Crippen molar-refractivity contribution >= 4 is 0 Å². The van der Waals surface area contributed by atoms with Gasteiger partial charge in [0.1, 0.15) is 12.4 Å². The first kappa shape index (κ1) is 11.7. The molecule has 2 aromatic rings. The monoisotopic (exact) mass is 232 g/mol. The van der Waals surface area contributed by atoms with Crippen LogP contribution >= 0.6 is 0 Å². The van der Waals surface area contributed by atoms with Crippen LogP contribution in [0.1, 0.15) is 18.2 Å². The van der Waals surface area contributed by atoms with Crippen molar-refractivity contribution in [1.82, 2.24) is 10.3 Å². The molecule has 1 N–H and O–H groups in total. The molecule has 0 saturated heterocycles. The Bertz CT molecular complexity index is 440. The molecule has 0 fully saturated rings. The van der Waals surface area contributed by atoms with Gasteiger partial charge < -0.3 is 14.5 Å². The fourth-order valence-corrected chi connectivity index (χ4v) is 1.45. The summed E-state index contributed by atoms with van der Waals surface area (Å²) < 4.78 is 10.7. The summed E-state index contributed by atoms with van der Waals surface area (Å²) in [6, 6.07) is 7.63. The van der Waals surface area contributed by atoms with Crippen molar-refractivity contribution in [2.75, 3.05) is 6.54 Å². The molecule has 0 aromatic carbocycles. The van der Waals surface area contributed by atoms with Crippen molar-refractivity contribution in [2.45, 2.75) is 20.1 Å². The lowest BCUT2D eigenvalue weighted by molar-refractivity contribution is 0.260. The summed E-state index contributed by atoms with van der Waals surface area (Å²) in [6.45, 7) is 4.27. The van der Waals surface area contributed by atoms with Gasteiger partial charge in [0.25, 0.3) is 0 Å². The van der Waals surface area contributed by atoms with E-state index >= 15 is 0 Å². The van der Waals surface area contributed by atoms with Crippen molar-refractivity contribution in [2.24, 2.45) is 0 Å². The molecule has 0 unspecified atom stereocenters. The van der Waals surface area contributed by atoms with Gasteiger partial charge in [-0.15, -0.1) is 0 Å². The molecule has 0 saturated carbocycles. The molecule has 0 spiro atoms. The van der Waals surface area contributed by atoms with Gasteiger partial charge in [-0.2, -0.15) is 0 Å². The van der Waals surface area contributed by atoms with Gasteiger partial charge in [0.15, 0.2) is 0 Å². The summed E-state index contributed by atoms with van der Waals surface area (Å²) in [5, 5.41) is 3.26. The maximum absolute atomic E-state index is 5.54. The molecule has 0 atom stereocenters. The summed E-state index contributed by atoms with van der Waals surface area (Å²) in [5.74, 6) is 1.42. The van der Waals surface area contributed by atoms with E-state index in [0.29, 0.717) is 12.5 Å². The Morgan fingerprint density at radius 1 is 1.41 bits per heavy atom. The van der Waals surface area contributed by atoms with Crippen molar-refractivity contribution in [3.63, 3.8) is 0 Å². The minimum atomic E-state index is 0.407. The van der Waals surface area contributed by atoms with Crippen LogP contribution in [0.3, 0.4) is 0 Å². The zero-order chi connectivity index (χ0) is 11.9. The number of nitrogens with zero attached hydrogens (tertiary/aromatic N) is 1. The van der Waals surface area contributed by atoms with E-state index in [4.69, 9.17) is 9.15 Å². The minimum absolute atomic E-state index is 0.407. The van der Waals surface area contributed by atoms with Gasteiger partial charge in [-0.1, -0.05) is 6.92 Å². The second-order valence-corrected chi connectivity index (χ2v) is 3.65. The highest BCUT2D eigenvalue weighted by Crippen LogP contribution is 2.11. The van der Waals surface area contributed by atoms with E-state index < -0.39 is 0 Å². The predicted molar refractivity (Wildman–Crippen MR) is 64.7 cm³/mol. The average molecular weight is 232 g/mol. The maximum Gasteiger partial charge on any atom is 0.213 e. The van der Waals surface area contributed by atoms with Crippen LogP contribution in [-0.4, -0.2) is 11.5 Å². The molecule has 4 nitrogen and oxygen atoms in total. The number of ether oxygens (including phenoxy) is 1. The van der Waals surface area contributed by atoms with Crippen molar-refractivity contribution in [1.29, 1.82) is 0 Å². The number of hydrogen-bond acceptors (Lipinski definition) is 4. The molecule has 4 heteroatoms. The molecule has 2 heterocycles. The highest BCUT2D eigenvalue weighted by Gasteiger charge is 2.00. The molecular weight excluding hydrogens is 216 g/mol. The largest absolute Gasteiger partial charge is 0.469 e. The van der Waals surface area contributed by atoms with E-state index in [-0.39, 0.29) is 0 Å². The lowest BCUT2D eigenvalue weighted by Gasteiger charge is -2.06. The maximum atomic E-state index is 5.54. The van der Waals surface area contributed by atoms with Gasteiger partial charge >= 0.3 is 0 Å². The van der Waals surface area contributed by atoms with Crippen molar-refractivity contribution < 1.29 is 9.15 Å². The standard InChI is InChI=1S/C13H16N2O2/c1-2-14-9-11-5-6-15-13(8-11)17-10-12-4-3-7-16-12/h3-8,14H,2,9-10H2,1H3. The molecule has 0 aliphatic rings. The van der Waals surface area contributed by atoms with Gasteiger partial charge in [0.05, 0.1) is 6.26 Å². The third-order valence-corrected chi connectivity index (χ3v) is 2.32. The van der Waals surface area contributed by atoms with Crippen LogP contribution < -0.4 is 10.1 Å². The number of hydrogen-bond donors (Lipinski definition) is 1. The van der Waals surface area contributed by atoms with E-state index in [1.807, 2.05) is 24.3 Å². The molecule has 2 rings (SSSR count). The lowest BCUT2D eigenvalue weighted by Crippen LogP contribution is -2.11. The smallest absolute Gasteiger partial charge is 0.213 e. The van der Waals surface area contributed by atoms with E-state index in [0.717, 1.165) is 24.4 Å². The van der Waals surface area contributed by atoms with Crippen LogP contribution in [0.25, 0.3) is 0 Å². The number of rotatable bonds is 6. The summed E-state index contributed by atoms with van der Waals surface area (Å²) in [6.07, 6.45) is 3.39. The third kappa shape index (κ3) is 3.60. The third-order valence-electron chi connectivity index (χ3n) is 2.32. The summed E-state index contributed by atoms with van der Waals surface area (Å²) in [5.41, 5.74) is 1.16. The molecule has 0 aliphatic carbocycles. The van der Waals surface area contributed by atoms with E-state index in [1.54, 1.807) is 12.5 Å². The molecule has 0 amide bonds. The predicted octanol–water partition coefficient (Wildman–Crippen LogP) is 2.36. The highest BCUT2D eigenvalue weighted by atomic mass is 16.5. The Hall–Kier alpha value is -1.81. The first-order valence-corrected chi connectivity index (χ1v) is 5.69. The second kappa shape index (κ2) is 6.06. The van der Waals surface area contributed by atoms with Gasteiger partial charge in [-0.25, -0.2) is 4.98 Å². The van der Waals surface area contributed by atoms with E-state index in [2.05, 4.69) is 17.2 Å². The minimum Gasteiger partial charge on any atom is -0.469 e. The van der Waals surface area contributed by atoms with Crippen molar-refractivity contribution in [3.8, 4) is 5.88 Å². The van der Waals surface area contributed by atoms with E-state index in [1.165, 1.54) is 0 Å². The molecule has 2 aromatic heterocycles. The molecule has 17 heavy (non-hydrogen) atoms.